The Balaban J connectivity index is 2.45. The van der Waals surface area contributed by atoms with Crippen molar-refractivity contribution < 1.29 is 29.7 Å². The predicted octanol–water partition coefficient (Wildman–Crippen LogP) is 2.68. The van der Waals surface area contributed by atoms with Gasteiger partial charge in [0.25, 0.3) is 0 Å². The molecule has 0 saturated heterocycles. The highest BCUT2D eigenvalue weighted by molar-refractivity contribution is 5.94. The van der Waals surface area contributed by atoms with Gasteiger partial charge in [-0.25, -0.2) is 14.4 Å². The number of rotatable bonds is 5. The standard InChI is InChI=1S/C17H14O6/c1-9-2-10(5-12(3-9)15(18)19)4-11-6-13(16(20)21)8-14(7-11)17(22)23/h2-3,5-8H,4H2,1H3,(H,18,19)(H,20,21)(H,22,23). The van der Waals surface area contributed by atoms with E-state index in [1.807, 2.05) is 0 Å². The lowest BCUT2D eigenvalue weighted by Crippen LogP contribution is -2.05. The maximum absolute atomic E-state index is 11.1. The summed E-state index contributed by atoms with van der Waals surface area (Å²) in [4.78, 5) is 33.3. The van der Waals surface area contributed by atoms with Gasteiger partial charge >= 0.3 is 17.9 Å². The maximum atomic E-state index is 11.1. The Morgan fingerprint density at radius 3 is 1.52 bits per heavy atom. The molecule has 2 aromatic carbocycles. The van der Waals surface area contributed by atoms with Crippen molar-refractivity contribution in [3.05, 3.63) is 69.8 Å². The highest BCUT2D eigenvalue weighted by atomic mass is 16.4. The van der Waals surface area contributed by atoms with Crippen LogP contribution in [0.3, 0.4) is 0 Å². The number of carboxylic acid groups (broad SMARTS) is 3. The molecule has 0 fully saturated rings. The third kappa shape index (κ3) is 3.94. The van der Waals surface area contributed by atoms with Crippen molar-refractivity contribution >= 4 is 17.9 Å². The summed E-state index contributed by atoms with van der Waals surface area (Å²) >= 11 is 0. The van der Waals surface area contributed by atoms with E-state index in [0.29, 0.717) is 11.1 Å². The largest absolute Gasteiger partial charge is 0.478 e. The number of aryl methyl sites for hydroxylation is 1. The SMILES string of the molecule is Cc1cc(Cc2cc(C(=O)O)cc(C(=O)O)c2)cc(C(=O)O)c1. The van der Waals surface area contributed by atoms with Gasteiger partial charge in [-0.1, -0.05) is 6.07 Å². The fraction of sp³-hybridized carbons (Fsp3) is 0.118. The molecule has 0 aliphatic rings. The number of benzene rings is 2. The van der Waals surface area contributed by atoms with E-state index < -0.39 is 17.9 Å². The summed E-state index contributed by atoms with van der Waals surface area (Å²) < 4.78 is 0. The van der Waals surface area contributed by atoms with Crippen LogP contribution in [0, 0.1) is 6.92 Å². The number of hydrogen-bond donors (Lipinski definition) is 3. The van der Waals surface area contributed by atoms with E-state index in [-0.39, 0.29) is 23.1 Å². The Kier molecular flexibility index (Phi) is 4.45. The highest BCUT2D eigenvalue weighted by Gasteiger charge is 2.13. The minimum atomic E-state index is -1.22. The summed E-state index contributed by atoms with van der Waals surface area (Å²) in [5, 5.41) is 27.2. The Hall–Kier alpha value is -3.15. The van der Waals surface area contributed by atoms with E-state index in [1.165, 1.54) is 24.3 Å². The zero-order valence-electron chi connectivity index (χ0n) is 12.2. The molecule has 0 aliphatic heterocycles. The predicted molar refractivity (Wildman–Crippen MR) is 81.3 cm³/mol. The van der Waals surface area contributed by atoms with Crippen molar-refractivity contribution in [2.75, 3.05) is 0 Å². The summed E-state index contributed by atoms with van der Waals surface area (Å²) in [7, 11) is 0. The van der Waals surface area contributed by atoms with Crippen molar-refractivity contribution in [2.24, 2.45) is 0 Å². The van der Waals surface area contributed by atoms with Gasteiger partial charge in [0.05, 0.1) is 16.7 Å². The molecule has 23 heavy (non-hydrogen) atoms. The second-order valence-corrected chi connectivity index (χ2v) is 5.22. The van der Waals surface area contributed by atoms with Gasteiger partial charge < -0.3 is 15.3 Å². The van der Waals surface area contributed by atoms with E-state index in [4.69, 9.17) is 15.3 Å². The van der Waals surface area contributed by atoms with Crippen molar-refractivity contribution in [3.8, 4) is 0 Å². The fourth-order valence-corrected chi connectivity index (χ4v) is 2.36. The molecule has 0 heterocycles. The molecular weight excluding hydrogens is 300 g/mol. The molecule has 2 rings (SSSR count). The Bertz CT molecular complexity index is 774. The smallest absolute Gasteiger partial charge is 0.335 e. The Morgan fingerprint density at radius 2 is 1.09 bits per heavy atom. The van der Waals surface area contributed by atoms with Crippen LogP contribution in [0.2, 0.25) is 0 Å². The first kappa shape index (κ1) is 16.2. The molecule has 0 spiro atoms. The van der Waals surface area contributed by atoms with Gasteiger partial charge in [-0.3, -0.25) is 0 Å². The van der Waals surface area contributed by atoms with Crippen LogP contribution in [0.4, 0.5) is 0 Å². The number of hydrogen-bond acceptors (Lipinski definition) is 3. The molecule has 3 N–H and O–H groups in total. The minimum absolute atomic E-state index is 0.119. The molecule has 0 unspecified atom stereocenters. The van der Waals surface area contributed by atoms with Crippen LogP contribution >= 0.6 is 0 Å². The van der Waals surface area contributed by atoms with Crippen molar-refractivity contribution in [1.82, 2.24) is 0 Å². The zero-order valence-corrected chi connectivity index (χ0v) is 12.2. The van der Waals surface area contributed by atoms with Crippen LogP contribution < -0.4 is 0 Å². The first-order valence-corrected chi connectivity index (χ1v) is 6.70. The van der Waals surface area contributed by atoms with Gasteiger partial charge in [0.15, 0.2) is 0 Å². The third-order valence-corrected chi connectivity index (χ3v) is 3.28. The van der Waals surface area contributed by atoms with Gasteiger partial charge in [0, 0.05) is 0 Å². The second-order valence-electron chi connectivity index (χ2n) is 5.22. The summed E-state index contributed by atoms with van der Waals surface area (Å²) in [6, 6.07) is 8.66. The van der Waals surface area contributed by atoms with Crippen molar-refractivity contribution in [3.63, 3.8) is 0 Å². The van der Waals surface area contributed by atoms with Crippen LogP contribution in [-0.2, 0) is 6.42 Å². The first-order valence-electron chi connectivity index (χ1n) is 6.70. The van der Waals surface area contributed by atoms with Crippen LogP contribution in [0.1, 0.15) is 47.8 Å². The molecule has 0 radical (unpaired) electrons. The van der Waals surface area contributed by atoms with Crippen molar-refractivity contribution in [1.29, 1.82) is 0 Å². The fourth-order valence-electron chi connectivity index (χ4n) is 2.36. The summed E-state index contributed by atoms with van der Waals surface area (Å²) in [6.07, 6.45) is 0.239. The van der Waals surface area contributed by atoms with E-state index in [9.17, 15) is 14.4 Å². The molecule has 0 saturated carbocycles. The van der Waals surface area contributed by atoms with Gasteiger partial charge in [0.2, 0.25) is 0 Å². The van der Waals surface area contributed by atoms with Crippen LogP contribution in [-0.4, -0.2) is 33.2 Å². The maximum Gasteiger partial charge on any atom is 0.335 e. The molecule has 6 heteroatoms. The number of aromatic carboxylic acids is 3. The number of carboxylic acids is 3. The topological polar surface area (TPSA) is 112 Å². The summed E-state index contributed by atoms with van der Waals surface area (Å²) in [6.45, 7) is 1.76. The van der Waals surface area contributed by atoms with E-state index in [2.05, 4.69) is 0 Å². The van der Waals surface area contributed by atoms with Gasteiger partial charge in [-0.05, 0) is 60.4 Å². The molecule has 0 amide bonds. The highest BCUT2D eigenvalue weighted by Crippen LogP contribution is 2.18. The molecular formula is C17H14O6. The molecule has 6 nitrogen and oxygen atoms in total. The lowest BCUT2D eigenvalue weighted by molar-refractivity contribution is 0.0682. The average Bonchev–Trinajstić information content (AvgIpc) is 2.46. The minimum Gasteiger partial charge on any atom is -0.478 e. The lowest BCUT2D eigenvalue weighted by Gasteiger charge is -2.08. The third-order valence-electron chi connectivity index (χ3n) is 3.28. The van der Waals surface area contributed by atoms with Gasteiger partial charge in [0.1, 0.15) is 0 Å². The second kappa shape index (κ2) is 6.31. The molecule has 0 aromatic heterocycles. The Morgan fingerprint density at radius 1 is 0.696 bits per heavy atom. The molecule has 118 valence electrons. The first-order chi connectivity index (χ1) is 10.8. The number of carbonyl (C=O) groups is 3. The van der Waals surface area contributed by atoms with E-state index in [1.54, 1.807) is 13.0 Å². The van der Waals surface area contributed by atoms with E-state index >= 15 is 0 Å². The van der Waals surface area contributed by atoms with Crippen LogP contribution in [0.5, 0.6) is 0 Å². The molecule has 0 bridgehead atoms. The van der Waals surface area contributed by atoms with E-state index in [0.717, 1.165) is 11.6 Å². The normalized spacial score (nSPS) is 10.3. The quantitative estimate of drug-likeness (QED) is 0.782. The summed E-state index contributed by atoms with van der Waals surface area (Å²) in [5.41, 5.74) is 1.81. The van der Waals surface area contributed by atoms with Gasteiger partial charge in [-0.2, -0.15) is 0 Å². The average molecular weight is 314 g/mol. The van der Waals surface area contributed by atoms with Crippen molar-refractivity contribution in [2.45, 2.75) is 13.3 Å². The monoisotopic (exact) mass is 314 g/mol. The van der Waals surface area contributed by atoms with Crippen LogP contribution in [0.25, 0.3) is 0 Å². The lowest BCUT2D eigenvalue weighted by atomic mass is 9.97. The molecule has 0 aliphatic carbocycles. The molecule has 2 aromatic rings. The van der Waals surface area contributed by atoms with Gasteiger partial charge in [-0.15, -0.1) is 0 Å². The zero-order chi connectivity index (χ0) is 17.1. The molecule has 0 atom stereocenters. The Labute approximate surface area is 131 Å². The summed E-state index contributed by atoms with van der Waals surface area (Å²) in [5.74, 6) is -3.49. The van der Waals surface area contributed by atoms with Crippen LogP contribution in [0.15, 0.2) is 36.4 Å².